The fourth-order valence-electron chi connectivity index (χ4n) is 2.54. The molecule has 2 heterocycles. The maximum Gasteiger partial charge on any atom is 0.336 e. The van der Waals surface area contributed by atoms with Crippen molar-refractivity contribution in [3.63, 3.8) is 0 Å². The van der Waals surface area contributed by atoms with Gasteiger partial charge in [0, 0.05) is 34.9 Å². The molecule has 0 saturated heterocycles. The van der Waals surface area contributed by atoms with Crippen LogP contribution in [0.3, 0.4) is 0 Å². The van der Waals surface area contributed by atoms with Crippen molar-refractivity contribution in [1.82, 2.24) is 4.98 Å². The molecule has 6 heteroatoms. The minimum atomic E-state index is -0.435. The average Bonchev–Trinajstić information content (AvgIpc) is 2.88. The Balaban J connectivity index is 2.41. The molecule has 118 valence electrons. The highest BCUT2D eigenvalue weighted by molar-refractivity contribution is 7.09. The SMILES string of the molecule is CC(=O)Oc1c(-c2csc(C)n2)cc2c(C)cc(=O)oc2c1C. The van der Waals surface area contributed by atoms with Gasteiger partial charge in [0.2, 0.25) is 0 Å². The van der Waals surface area contributed by atoms with E-state index in [0.717, 1.165) is 21.7 Å². The molecule has 0 spiro atoms. The van der Waals surface area contributed by atoms with E-state index >= 15 is 0 Å². The van der Waals surface area contributed by atoms with E-state index in [-0.39, 0.29) is 0 Å². The quantitative estimate of drug-likeness (QED) is 0.407. The van der Waals surface area contributed by atoms with Crippen LogP contribution >= 0.6 is 11.3 Å². The molecule has 0 aliphatic carbocycles. The van der Waals surface area contributed by atoms with Crippen molar-refractivity contribution in [3.05, 3.63) is 44.1 Å². The molecule has 23 heavy (non-hydrogen) atoms. The molecule has 0 radical (unpaired) electrons. The van der Waals surface area contributed by atoms with E-state index in [1.54, 1.807) is 6.92 Å². The van der Waals surface area contributed by atoms with Crippen molar-refractivity contribution < 1.29 is 13.9 Å². The van der Waals surface area contributed by atoms with E-state index in [1.807, 2.05) is 25.3 Å². The van der Waals surface area contributed by atoms with Gasteiger partial charge < -0.3 is 9.15 Å². The number of hydrogen-bond acceptors (Lipinski definition) is 6. The summed E-state index contributed by atoms with van der Waals surface area (Å²) in [6.07, 6.45) is 0. The zero-order valence-corrected chi connectivity index (χ0v) is 14.0. The van der Waals surface area contributed by atoms with Crippen LogP contribution in [0, 0.1) is 20.8 Å². The summed E-state index contributed by atoms with van der Waals surface area (Å²) in [5, 5.41) is 3.64. The van der Waals surface area contributed by atoms with E-state index in [4.69, 9.17) is 9.15 Å². The van der Waals surface area contributed by atoms with Gasteiger partial charge in [-0.2, -0.15) is 0 Å². The third-order valence-corrected chi connectivity index (χ3v) is 4.34. The second kappa shape index (κ2) is 5.62. The molecule has 1 aromatic carbocycles. The topological polar surface area (TPSA) is 69.4 Å². The first-order valence-corrected chi connectivity index (χ1v) is 7.93. The molecular formula is C17H15NO4S. The van der Waals surface area contributed by atoms with E-state index in [0.29, 0.717) is 22.5 Å². The number of ether oxygens (including phenoxy) is 1. The van der Waals surface area contributed by atoms with E-state index in [9.17, 15) is 9.59 Å². The van der Waals surface area contributed by atoms with Crippen LogP contribution in [-0.4, -0.2) is 11.0 Å². The maximum absolute atomic E-state index is 11.7. The van der Waals surface area contributed by atoms with Gasteiger partial charge in [0.25, 0.3) is 0 Å². The zero-order valence-electron chi connectivity index (χ0n) is 13.2. The molecule has 0 fully saturated rings. The Labute approximate surface area is 136 Å². The van der Waals surface area contributed by atoms with Gasteiger partial charge in [-0.15, -0.1) is 11.3 Å². The first kappa shape index (κ1) is 15.4. The molecule has 0 bridgehead atoms. The summed E-state index contributed by atoms with van der Waals surface area (Å²) in [4.78, 5) is 27.6. The Hall–Kier alpha value is -2.47. The maximum atomic E-state index is 11.7. The number of aryl methyl sites for hydroxylation is 3. The van der Waals surface area contributed by atoms with Crippen molar-refractivity contribution >= 4 is 28.3 Å². The number of fused-ring (bicyclic) bond motifs is 1. The van der Waals surface area contributed by atoms with Crippen molar-refractivity contribution in [2.75, 3.05) is 0 Å². The van der Waals surface area contributed by atoms with Crippen molar-refractivity contribution in [2.45, 2.75) is 27.7 Å². The molecule has 3 rings (SSSR count). The standard InChI is InChI=1S/C17H15NO4S/c1-8-5-15(20)22-16-9(2)17(21-11(4)19)13(6-12(8)16)14-7-23-10(3)18-14/h5-7H,1-4H3. The van der Waals surface area contributed by atoms with Crippen LogP contribution in [0.2, 0.25) is 0 Å². The second-order valence-electron chi connectivity index (χ2n) is 5.35. The number of nitrogens with zero attached hydrogens (tertiary/aromatic N) is 1. The molecule has 3 aromatic rings. The average molecular weight is 329 g/mol. The fourth-order valence-corrected chi connectivity index (χ4v) is 3.16. The highest BCUT2D eigenvalue weighted by atomic mass is 32.1. The van der Waals surface area contributed by atoms with Crippen molar-refractivity contribution in [3.8, 4) is 17.0 Å². The van der Waals surface area contributed by atoms with Crippen molar-refractivity contribution in [1.29, 1.82) is 0 Å². The summed E-state index contributed by atoms with van der Waals surface area (Å²) >= 11 is 1.52. The lowest BCUT2D eigenvalue weighted by atomic mass is 10.0. The zero-order chi connectivity index (χ0) is 16.7. The molecule has 0 unspecified atom stereocenters. The fraction of sp³-hybridized carbons (Fsp3) is 0.235. The number of aromatic nitrogens is 1. The normalized spacial score (nSPS) is 11.0. The Morgan fingerprint density at radius 3 is 2.61 bits per heavy atom. The van der Waals surface area contributed by atoms with Crippen LogP contribution in [0.25, 0.3) is 22.2 Å². The molecule has 0 aliphatic rings. The van der Waals surface area contributed by atoms with Gasteiger partial charge in [-0.25, -0.2) is 9.78 Å². The van der Waals surface area contributed by atoms with Crippen LogP contribution in [0.15, 0.2) is 26.7 Å². The lowest BCUT2D eigenvalue weighted by Gasteiger charge is -2.13. The first-order chi connectivity index (χ1) is 10.9. The lowest BCUT2D eigenvalue weighted by molar-refractivity contribution is -0.131. The predicted octanol–water partition coefficient (Wildman–Crippen LogP) is 3.77. The Bertz CT molecular complexity index is 984. The van der Waals surface area contributed by atoms with E-state index in [1.165, 1.54) is 24.3 Å². The molecule has 5 nitrogen and oxygen atoms in total. The first-order valence-electron chi connectivity index (χ1n) is 7.06. The monoisotopic (exact) mass is 329 g/mol. The van der Waals surface area contributed by atoms with Crippen LogP contribution in [0.4, 0.5) is 0 Å². The molecule has 0 amide bonds. The van der Waals surface area contributed by atoms with Crippen LogP contribution in [0.5, 0.6) is 5.75 Å². The van der Waals surface area contributed by atoms with Crippen LogP contribution in [-0.2, 0) is 4.79 Å². The number of hydrogen-bond donors (Lipinski definition) is 0. The highest BCUT2D eigenvalue weighted by Crippen LogP contribution is 2.39. The second-order valence-corrected chi connectivity index (χ2v) is 6.41. The molecule has 0 N–H and O–H groups in total. The Morgan fingerprint density at radius 2 is 2.00 bits per heavy atom. The van der Waals surface area contributed by atoms with Gasteiger partial charge >= 0.3 is 11.6 Å². The van der Waals surface area contributed by atoms with Crippen LogP contribution in [0.1, 0.15) is 23.1 Å². The number of carbonyl (C=O) groups excluding carboxylic acids is 1. The largest absolute Gasteiger partial charge is 0.426 e. The molecule has 0 saturated carbocycles. The predicted molar refractivity (Wildman–Crippen MR) is 89.1 cm³/mol. The minimum Gasteiger partial charge on any atom is -0.426 e. The number of rotatable bonds is 2. The number of esters is 1. The number of thiazole rings is 1. The van der Waals surface area contributed by atoms with Gasteiger partial charge in [0.15, 0.2) is 0 Å². The lowest BCUT2D eigenvalue weighted by Crippen LogP contribution is -2.06. The van der Waals surface area contributed by atoms with Crippen LogP contribution < -0.4 is 10.4 Å². The molecule has 2 aromatic heterocycles. The summed E-state index contributed by atoms with van der Waals surface area (Å²) < 4.78 is 10.7. The van der Waals surface area contributed by atoms with Gasteiger partial charge in [-0.3, -0.25) is 4.79 Å². The smallest absolute Gasteiger partial charge is 0.336 e. The third kappa shape index (κ3) is 2.77. The summed E-state index contributed by atoms with van der Waals surface area (Å²) in [5.41, 5.74) is 2.87. The van der Waals surface area contributed by atoms with Gasteiger partial charge in [0.1, 0.15) is 11.3 Å². The van der Waals surface area contributed by atoms with Crippen molar-refractivity contribution in [2.24, 2.45) is 0 Å². The number of carbonyl (C=O) groups is 1. The highest BCUT2D eigenvalue weighted by Gasteiger charge is 2.19. The Morgan fingerprint density at radius 1 is 1.26 bits per heavy atom. The van der Waals surface area contributed by atoms with Gasteiger partial charge in [-0.05, 0) is 32.4 Å². The summed E-state index contributed by atoms with van der Waals surface area (Å²) in [6.45, 7) is 6.87. The summed E-state index contributed by atoms with van der Waals surface area (Å²) in [6, 6.07) is 3.30. The molecular weight excluding hydrogens is 314 g/mol. The van der Waals surface area contributed by atoms with E-state index in [2.05, 4.69) is 4.98 Å². The minimum absolute atomic E-state index is 0.379. The number of benzene rings is 1. The molecule has 0 aliphatic heterocycles. The third-order valence-electron chi connectivity index (χ3n) is 3.56. The van der Waals surface area contributed by atoms with Gasteiger partial charge in [0.05, 0.1) is 10.7 Å². The Kier molecular flexibility index (Phi) is 3.77. The van der Waals surface area contributed by atoms with Gasteiger partial charge in [-0.1, -0.05) is 0 Å². The van der Waals surface area contributed by atoms with E-state index < -0.39 is 11.6 Å². The summed E-state index contributed by atoms with van der Waals surface area (Å²) in [5.74, 6) is -0.0558. The summed E-state index contributed by atoms with van der Waals surface area (Å²) in [7, 11) is 0. The molecule has 0 atom stereocenters.